The predicted molar refractivity (Wildman–Crippen MR) is 119 cm³/mol. The van der Waals surface area contributed by atoms with Crippen LogP contribution in [0.15, 0.2) is 0 Å². The number of aryl methyl sites for hydroxylation is 1. The number of ether oxygens (including phenoxy) is 1. The highest BCUT2D eigenvalue weighted by atomic mass is 35.5. The number of hydrogen-bond acceptors (Lipinski definition) is 5. The van der Waals surface area contributed by atoms with E-state index in [2.05, 4.69) is 10.4 Å². The minimum absolute atomic E-state index is 0.0467. The number of alkyl halides is 2. The fraction of sp³-hybridized carbons (Fsp3) is 0.591. The van der Waals surface area contributed by atoms with Crippen molar-refractivity contribution in [2.45, 2.75) is 83.8 Å². The molecule has 2 aliphatic rings. The first-order valence-corrected chi connectivity index (χ1v) is 12.2. The van der Waals surface area contributed by atoms with E-state index in [9.17, 15) is 18.4 Å². The summed E-state index contributed by atoms with van der Waals surface area (Å²) in [5.41, 5.74) is 1.36. The maximum absolute atomic E-state index is 13.3. The molecular weight excluding hydrogens is 460 g/mol. The molecule has 1 atom stereocenters. The molecular formula is C22H26ClF2N3O3S. The van der Waals surface area contributed by atoms with Gasteiger partial charge in [0.05, 0.1) is 22.4 Å². The summed E-state index contributed by atoms with van der Waals surface area (Å²) < 4.78 is 33.4. The zero-order valence-electron chi connectivity index (χ0n) is 18.1. The molecule has 0 aliphatic heterocycles. The molecule has 32 heavy (non-hydrogen) atoms. The maximum Gasteiger partial charge on any atom is 0.341 e. The summed E-state index contributed by atoms with van der Waals surface area (Å²) in [6.45, 7) is 3.52. The number of esters is 1. The van der Waals surface area contributed by atoms with Crippen LogP contribution in [0.3, 0.4) is 0 Å². The van der Waals surface area contributed by atoms with Gasteiger partial charge in [0, 0.05) is 10.8 Å². The molecule has 0 saturated heterocycles. The second-order valence-corrected chi connectivity index (χ2v) is 9.89. The molecule has 0 aromatic carbocycles. The predicted octanol–water partition coefficient (Wildman–Crippen LogP) is 5.89. The number of fused-ring (bicyclic) bond motifs is 1. The van der Waals surface area contributed by atoms with Crippen molar-refractivity contribution in [1.29, 1.82) is 0 Å². The van der Waals surface area contributed by atoms with Crippen LogP contribution in [0.1, 0.15) is 90.5 Å². The lowest BCUT2D eigenvalue weighted by atomic mass is 9.95. The Morgan fingerprint density at radius 3 is 2.69 bits per heavy atom. The van der Waals surface area contributed by atoms with Crippen molar-refractivity contribution in [3.8, 4) is 0 Å². The summed E-state index contributed by atoms with van der Waals surface area (Å²) in [5.74, 6) is -0.830. The highest BCUT2D eigenvalue weighted by Gasteiger charge is 2.35. The van der Waals surface area contributed by atoms with E-state index in [1.165, 1.54) is 16.0 Å². The van der Waals surface area contributed by atoms with Crippen LogP contribution in [0.25, 0.3) is 0 Å². The van der Waals surface area contributed by atoms with Gasteiger partial charge in [-0.25, -0.2) is 13.6 Å². The van der Waals surface area contributed by atoms with Gasteiger partial charge in [-0.15, -0.1) is 11.3 Å². The quantitative estimate of drug-likeness (QED) is 0.473. The van der Waals surface area contributed by atoms with Crippen molar-refractivity contribution in [1.82, 2.24) is 9.78 Å². The number of carbonyl (C=O) groups is 2. The average molecular weight is 486 g/mol. The lowest BCUT2D eigenvalue weighted by Gasteiger charge is -2.15. The molecule has 6 nitrogen and oxygen atoms in total. The average Bonchev–Trinajstić information content (AvgIpc) is 3.43. The standard InChI is InChI=1S/C22H26ClF2N3O3S/c1-3-11(2)31-22(30)16-13-6-4-5-7-14(13)32-21(16)26-15(29)10-28-19(12-8-9-12)17(23)18(27-28)20(24)25/h11-12,20H,3-10H2,1-2H3,(H,26,29). The van der Waals surface area contributed by atoms with Crippen molar-refractivity contribution < 1.29 is 23.1 Å². The molecule has 1 saturated carbocycles. The lowest BCUT2D eigenvalue weighted by Crippen LogP contribution is -2.22. The molecule has 10 heteroatoms. The molecule has 1 amide bonds. The lowest BCUT2D eigenvalue weighted by molar-refractivity contribution is -0.116. The number of nitrogens with one attached hydrogen (secondary N) is 1. The van der Waals surface area contributed by atoms with Crippen LogP contribution >= 0.6 is 22.9 Å². The van der Waals surface area contributed by atoms with Crippen molar-refractivity contribution in [2.24, 2.45) is 0 Å². The molecule has 0 radical (unpaired) electrons. The third-order valence-corrected chi connectivity index (χ3v) is 7.53. The van der Waals surface area contributed by atoms with E-state index in [0.717, 1.165) is 49.0 Å². The Kier molecular flexibility index (Phi) is 6.86. The normalized spacial score (nSPS) is 16.7. The minimum atomic E-state index is -2.81. The van der Waals surface area contributed by atoms with Gasteiger partial charge < -0.3 is 10.1 Å². The van der Waals surface area contributed by atoms with Gasteiger partial charge in [0.25, 0.3) is 6.43 Å². The first kappa shape index (κ1) is 23.2. The van der Waals surface area contributed by atoms with Gasteiger partial charge >= 0.3 is 5.97 Å². The first-order chi connectivity index (χ1) is 15.3. The number of thiophene rings is 1. The second kappa shape index (κ2) is 9.47. The van der Waals surface area contributed by atoms with Gasteiger partial charge in [-0.05, 0) is 57.4 Å². The Labute approximate surface area is 194 Å². The Bertz CT molecular complexity index is 1030. The van der Waals surface area contributed by atoms with Crippen molar-refractivity contribution >= 4 is 39.8 Å². The molecule has 1 unspecified atom stereocenters. The summed E-state index contributed by atoms with van der Waals surface area (Å²) in [6.07, 6.45) is 2.96. The number of anilines is 1. The molecule has 2 aromatic rings. The molecule has 1 N–H and O–H groups in total. The summed E-state index contributed by atoms with van der Waals surface area (Å²) in [5, 5.41) is 7.13. The summed E-state index contributed by atoms with van der Waals surface area (Å²) in [4.78, 5) is 26.9. The van der Waals surface area contributed by atoms with E-state index < -0.39 is 24.0 Å². The Hall–Kier alpha value is -2.00. The van der Waals surface area contributed by atoms with E-state index in [4.69, 9.17) is 16.3 Å². The van der Waals surface area contributed by atoms with Crippen LogP contribution in [0.2, 0.25) is 5.02 Å². The van der Waals surface area contributed by atoms with Crippen LogP contribution in [0.5, 0.6) is 0 Å². The third kappa shape index (κ3) is 4.69. The summed E-state index contributed by atoms with van der Waals surface area (Å²) in [6, 6.07) is 0. The molecule has 0 spiro atoms. The summed E-state index contributed by atoms with van der Waals surface area (Å²) >= 11 is 7.54. The van der Waals surface area contributed by atoms with Crippen molar-refractivity contribution in [3.63, 3.8) is 0 Å². The molecule has 2 aliphatic carbocycles. The molecule has 2 aromatic heterocycles. The van der Waals surface area contributed by atoms with Gasteiger partial charge in [-0.1, -0.05) is 18.5 Å². The third-order valence-electron chi connectivity index (χ3n) is 5.93. The minimum Gasteiger partial charge on any atom is -0.459 e. The van der Waals surface area contributed by atoms with Crippen LogP contribution in [-0.2, 0) is 28.9 Å². The largest absolute Gasteiger partial charge is 0.459 e. The van der Waals surface area contributed by atoms with Gasteiger partial charge in [0.2, 0.25) is 5.91 Å². The van der Waals surface area contributed by atoms with E-state index in [1.807, 2.05) is 13.8 Å². The van der Waals surface area contributed by atoms with Crippen LogP contribution < -0.4 is 5.32 Å². The number of nitrogens with zero attached hydrogens (tertiary/aromatic N) is 2. The summed E-state index contributed by atoms with van der Waals surface area (Å²) in [7, 11) is 0. The van der Waals surface area contributed by atoms with Gasteiger partial charge in [0.15, 0.2) is 0 Å². The Morgan fingerprint density at radius 1 is 1.31 bits per heavy atom. The molecule has 2 heterocycles. The van der Waals surface area contributed by atoms with Crippen LogP contribution in [0, 0.1) is 0 Å². The number of rotatable bonds is 8. The number of amides is 1. The zero-order valence-corrected chi connectivity index (χ0v) is 19.6. The maximum atomic E-state index is 13.3. The molecule has 1 fully saturated rings. The number of aromatic nitrogens is 2. The van der Waals surface area contributed by atoms with Crippen molar-refractivity contribution in [3.05, 3.63) is 32.4 Å². The molecule has 0 bridgehead atoms. The first-order valence-electron chi connectivity index (χ1n) is 11.0. The van der Waals surface area contributed by atoms with Crippen LogP contribution in [0.4, 0.5) is 13.8 Å². The van der Waals surface area contributed by atoms with Gasteiger partial charge in [-0.2, -0.15) is 5.10 Å². The topological polar surface area (TPSA) is 73.2 Å². The highest BCUT2D eigenvalue weighted by molar-refractivity contribution is 7.17. The zero-order chi connectivity index (χ0) is 23.0. The fourth-order valence-electron chi connectivity index (χ4n) is 3.98. The Balaban J connectivity index is 1.58. The molecule has 174 valence electrons. The number of carbonyl (C=O) groups excluding carboxylic acids is 2. The highest BCUT2D eigenvalue weighted by Crippen LogP contribution is 2.45. The van der Waals surface area contributed by atoms with E-state index in [1.54, 1.807) is 0 Å². The van der Waals surface area contributed by atoms with Crippen molar-refractivity contribution in [2.75, 3.05) is 5.32 Å². The molecule has 4 rings (SSSR count). The fourth-order valence-corrected chi connectivity index (χ4v) is 5.64. The van der Waals surface area contributed by atoms with Crippen LogP contribution in [-0.4, -0.2) is 27.8 Å². The monoisotopic (exact) mass is 485 g/mol. The Morgan fingerprint density at radius 2 is 2.03 bits per heavy atom. The number of hydrogen-bond donors (Lipinski definition) is 1. The van der Waals surface area contributed by atoms with E-state index in [0.29, 0.717) is 22.7 Å². The van der Waals surface area contributed by atoms with Gasteiger partial charge in [0.1, 0.15) is 17.2 Å². The second-order valence-electron chi connectivity index (χ2n) is 8.40. The SMILES string of the molecule is CCC(C)OC(=O)c1c(NC(=O)Cn2nc(C(F)F)c(Cl)c2C2CC2)sc2c1CCCC2. The van der Waals surface area contributed by atoms with E-state index in [-0.39, 0.29) is 23.6 Å². The van der Waals surface area contributed by atoms with E-state index >= 15 is 0 Å². The van der Waals surface area contributed by atoms with Gasteiger partial charge in [-0.3, -0.25) is 9.48 Å². The number of halogens is 3. The smallest absolute Gasteiger partial charge is 0.341 e.